The van der Waals surface area contributed by atoms with Gasteiger partial charge in [-0.05, 0) is 74.8 Å². The second kappa shape index (κ2) is 13.8. The van der Waals surface area contributed by atoms with Crippen molar-refractivity contribution in [3.8, 4) is 17.2 Å². The maximum Gasteiger partial charge on any atom is 2.00 e. The predicted octanol–water partition coefficient (Wildman–Crippen LogP) is 9.55. The van der Waals surface area contributed by atoms with Gasteiger partial charge < -0.3 is 14.5 Å². The van der Waals surface area contributed by atoms with Crippen LogP contribution in [0.15, 0.2) is 91.4 Å². The molecule has 4 aromatic carbocycles. The SMILES string of the molecule is Cc1ccc(N(c2cc(Oc3[c-]c(-n4cccn4)c(F)c(F)c3F)[c-]c(N(C)c3ccccn3)c2)c2ccc(C)cc2C)c(C)c1.[Pd+2]. The molecule has 6 rings (SSSR count). The standard InChI is InChI=1S/C37H30F3N5O.Pd/c1-23-10-12-30(25(3)17-23)45(31-13-11-24(2)18-26(31)4)28-19-27(43(5)34-9-6-7-14-41-34)20-29(21-28)46-33-22-32(44-16-8-15-42-44)35(38)37(40)36(33)39;/h6-19,21H,1-5H3;/q-2;+2. The van der Waals surface area contributed by atoms with Crippen molar-refractivity contribution in [1.82, 2.24) is 14.8 Å². The zero-order valence-corrected chi connectivity index (χ0v) is 27.8. The fourth-order valence-corrected chi connectivity index (χ4v) is 5.33. The molecule has 240 valence electrons. The molecule has 0 bridgehead atoms. The maximum absolute atomic E-state index is 15.2. The summed E-state index contributed by atoms with van der Waals surface area (Å²) in [6.45, 7) is 8.14. The van der Waals surface area contributed by atoms with Gasteiger partial charge in [-0.1, -0.05) is 52.8 Å². The van der Waals surface area contributed by atoms with E-state index in [1.54, 1.807) is 17.2 Å². The van der Waals surface area contributed by atoms with Crippen molar-refractivity contribution in [2.24, 2.45) is 0 Å². The Balaban J connectivity index is 0.00000433. The fourth-order valence-electron chi connectivity index (χ4n) is 5.33. The average Bonchev–Trinajstić information content (AvgIpc) is 3.58. The minimum absolute atomic E-state index is 0. The molecule has 0 N–H and O–H groups in total. The number of hydrogen-bond acceptors (Lipinski definition) is 5. The fraction of sp³-hybridized carbons (Fsp3) is 0.135. The molecule has 0 saturated heterocycles. The molecule has 47 heavy (non-hydrogen) atoms. The minimum atomic E-state index is -1.70. The number of aromatic nitrogens is 3. The second-order valence-electron chi connectivity index (χ2n) is 11.0. The summed E-state index contributed by atoms with van der Waals surface area (Å²) in [7, 11) is 1.82. The largest absolute Gasteiger partial charge is 2.00 e. The third-order valence-corrected chi connectivity index (χ3v) is 7.58. The zero-order chi connectivity index (χ0) is 32.5. The van der Waals surface area contributed by atoms with E-state index in [1.807, 2.05) is 83.3 Å². The van der Waals surface area contributed by atoms with Gasteiger partial charge in [0, 0.05) is 42.8 Å². The Bertz CT molecular complexity index is 1990. The summed E-state index contributed by atoms with van der Waals surface area (Å²) in [6, 6.07) is 28.7. The Kier molecular flexibility index (Phi) is 9.85. The van der Waals surface area contributed by atoms with E-state index in [9.17, 15) is 8.78 Å². The molecule has 0 aliphatic heterocycles. The molecule has 6 nitrogen and oxygen atoms in total. The summed E-state index contributed by atoms with van der Waals surface area (Å²) in [5, 5.41) is 3.94. The van der Waals surface area contributed by atoms with Gasteiger partial charge in [0.25, 0.3) is 0 Å². The van der Waals surface area contributed by atoms with Crippen LogP contribution in [0.25, 0.3) is 5.69 Å². The van der Waals surface area contributed by atoms with Crippen LogP contribution in [0.2, 0.25) is 0 Å². The quantitative estimate of drug-likeness (QED) is 0.0890. The molecule has 0 fully saturated rings. The van der Waals surface area contributed by atoms with E-state index in [-0.39, 0.29) is 26.2 Å². The number of benzene rings is 4. The number of anilines is 5. The molecule has 0 aliphatic rings. The number of rotatable bonds is 8. The number of ether oxygens (including phenoxy) is 1. The number of pyridine rings is 1. The van der Waals surface area contributed by atoms with Crippen molar-refractivity contribution in [3.63, 3.8) is 0 Å². The van der Waals surface area contributed by atoms with Crippen molar-refractivity contribution >= 4 is 28.6 Å². The van der Waals surface area contributed by atoms with Crippen molar-refractivity contribution in [3.05, 3.63) is 143 Å². The van der Waals surface area contributed by atoms with Crippen LogP contribution in [0.4, 0.5) is 41.7 Å². The van der Waals surface area contributed by atoms with Crippen molar-refractivity contribution < 1.29 is 38.3 Å². The molecule has 0 spiro atoms. The van der Waals surface area contributed by atoms with Gasteiger partial charge in [0.2, 0.25) is 0 Å². The van der Waals surface area contributed by atoms with Crippen molar-refractivity contribution in [2.45, 2.75) is 27.7 Å². The molecule has 0 amide bonds. The molecule has 2 heterocycles. The van der Waals surface area contributed by atoms with Crippen LogP contribution in [0.5, 0.6) is 11.5 Å². The predicted molar refractivity (Wildman–Crippen MR) is 174 cm³/mol. The Hall–Kier alpha value is -4.91. The summed E-state index contributed by atoms with van der Waals surface area (Å²) < 4.78 is 51.9. The number of nitrogens with zero attached hydrogens (tertiary/aromatic N) is 5. The van der Waals surface area contributed by atoms with Gasteiger partial charge in [-0.25, -0.2) is 9.37 Å². The molecular weight excluding hydrogens is 694 g/mol. The minimum Gasteiger partial charge on any atom is -0.506 e. The van der Waals surface area contributed by atoms with E-state index in [1.165, 1.54) is 18.5 Å². The van der Waals surface area contributed by atoms with Crippen LogP contribution in [0.1, 0.15) is 22.3 Å². The zero-order valence-electron chi connectivity index (χ0n) is 26.3. The van der Waals surface area contributed by atoms with Crippen LogP contribution in [-0.4, -0.2) is 21.8 Å². The van der Waals surface area contributed by atoms with Crippen LogP contribution in [0, 0.1) is 57.3 Å². The van der Waals surface area contributed by atoms with Gasteiger partial charge in [-0.3, -0.25) is 13.5 Å². The van der Waals surface area contributed by atoms with Crippen LogP contribution in [-0.2, 0) is 20.4 Å². The van der Waals surface area contributed by atoms with Crippen molar-refractivity contribution in [2.75, 3.05) is 16.8 Å². The maximum atomic E-state index is 15.2. The van der Waals surface area contributed by atoms with Crippen molar-refractivity contribution in [1.29, 1.82) is 0 Å². The monoisotopic (exact) mass is 723 g/mol. The molecule has 0 aliphatic carbocycles. The summed E-state index contributed by atoms with van der Waals surface area (Å²) in [6.07, 6.45) is 4.46. The van der Waals surface area contributed by atoms with Crippen LogP contribution < -0.4 is 14.5 Å². The summed E-state index contributed by atoms with van der Waals surface area (Å²) in [5.74, 6) is -4.63. The summed E-state index contributed by atoms with van der Waals surface area (Å²) >= 11 is 0. The molecule has 0 radical (unpaired) electrons. The van der Waals surface area contributed by atoms with Gasteiger partial charge in [0.05, 0.1) is 23.2 Å². The molecule has 0 saturated carbocycles. The van der Waals surface area contributed by atoms with E-state index in [4.69, 9.17) is 4.74 Å². The molecule has 6 aromatic rings. The molecule has 10 heteroatoms. The first-order chi connectivity index (χ1) is 22.1. The van der Waals surface area contributed by atoms with Crippen LogP contribution in [0.3, 0.4) is 0 Å². The second-order valence-corrected chi connectivity index (χ2v) is 11.0. The Morgan fingerprint density at radius 3 is 2.00 bits per heavy atom. The van der Waals surface area contributed by atoms with Gasteiger partial charge >= 0.3 is 20.4 Å². The third-order valence-electron chi connectivity index (χ3n) is 7.58. The normalized spacial score (nSPS) is 10.8. The number of hydrogen-bond donors (Lipinski definition) is 0. The van der Waals surface area contributed by atoms with E-state index < -0.39 is 28.9 Å². The molecule has 0 unspecified atom stereocenters. The first-order valence-electron chi connectivity index (χ1n) is 14.5. The molecule has 0 atom stereocenters. The van der Waals surface area contributed by atoms with Gasteiger partial charge in [0.15, 0.2) is 0 Å². The van der Waals surface area contributed by atoms with Gasteiger partial charge in [-0.2, -0.15) is 5.10 Å². The first kappa shape index (κ1) is 33.5. The van der Waals surface area contributed by atoms with E-state index in [0.717, 1.165) is 38.3 Å². The van der Waals surface area contributed by atoms with E-state index in [0.29, 0.717) is 17.2 Å². The van der Waals surface area contributed by atoms with E-state index in [2.05, 4.69) is 39.2 Å². The van der Waals surface area contributed by atoms with E-state index >= 15 is 4.39 Å². The number of halogens is 3. The molecular formula is C37H30F3N5OPd. The smallest absolute Gasteiger partial charge is 0.506 e. The molecule has 2 aromatic heterocycles. The summed E-state index contributed by atoms with van der Waals surface area (Å²) in [5.41, 5.74) is 6.85. The van der Waals surface area contributed by atoms with Crippen LogP contribution >= 0.6 is 0 Å². The average molecular weight is 724 g/mol. The Morgan fingerprint density at radius 1 is 0.745 bits per heavy atom. The third kappa shape index (κ3) is 6.80. The van der Waals surface area contributed by atoms with Gasteiger partial charge in [0.1, 0.15) is 5.82 Å². The number of aryl methyl sites for hydroxylation is 4. The first-order valence-corrected chi connectivity index (χ1v) is 14.5. The topological polar surface area (TPSA) is 46.4 Å². The Morgan fingerprint density at radius 2 is 1.43 bits per heavy atom. The Labute approximate surface area is 285 Å². The van der Waals surface area contributed by atoms with Gasteiger partial charge in [-0.15, -0.1) is 24.3 Å². The summed E-state index contributed by atoms with van der Waals surface area (Å²) in [4.78, 5) is 8.36.